The molecule has 20 heavy (non-hydrogen) atoms. The van der Waals surface area contributed by atoms with Gasteiger partial charge in [-0.1, -0.05) is 25.1 Å². The van der Waals surface area contributed by atoms with Crippen molar-refractivity contribution in [2.75, 3.05) is 27.7 Å². The summed E-state index contributed by atoms with van der Waals surface area (Å²) in [7, 11) is 6.02. The molecule has 0 bridgehead atoms. The van der Waals surface area contributed by atoms with Gasteiger partial charge in [-0.3, -0.25) is 0 Å². The highest BCUT2D eigenvalue weighted by Gasteiger charge is 2.31. The van der Waals surface area contributed by atoms with Crippen molar-refractivity contribution in [2.45, 2.75) is 45.2 Å². The Morgan fingerprint density at radius 3 is 2.45 bits per heavy atom. The quantitative estimate of drug-likeness (QED) is 0.791. The van der Waals surface area contributed by atoms with Crippen LogP contribution in [0, 0.1) is 0 Å². The van der Waals surface area contributed by atoms with E-state index in [1.54, 1.807) is 7.11 Å². The van der Waals surface area contributed by atoms with Gasteiger partial charge in [-0.25, -0.2) is 0 Å². The molecule has 1 N–H and O–H groups in total. The third-order valence-electron chi connectivity index (χ3n) is 4.26. The molecule has 1 aromatic rings. The number of rotatable bonds is 8. The minimum Gasteiger partial charge on any atom is -0.496 e. The Morgan fingerprint density at radius 1 is 1.25 bits per heavy atom. The van der Waals surface area contributed by atoms with Crippen LogP contribution >= 0.6 is 0 Å². The molecule has 0 heterocycles. The fraction of sp³-hybridized carbons (Fsp3) is 0.647. The lowest BCUT2D eigenvalue weighted by Gasteiger charge is -2.41. The van der Waals surface area contributed by atoms with Crippen molar-refractivity contribution in [3.8, 4) is 5.75 Å². The maximum Gasteiger partial charge on any atom is 0.122 e. The Hall–Kier alpha value is -1.06. The van der Waals surface area contributed by atoms with Crippen LogP contribution < -0.4 is 10.1 Å². The first-order chi connectivity index (χ1) is 9.43. The molecule has 0 aromatic heterocycles. The summed E-state index contributed by atoms with van der Waals surface area (Å²) >= 11 is 0. The molecule has 0 spiro atoms. The standard InChI is InChI=1S/C17H30N2O/c1-7-12-18-16(17(2,3)19(4)5)13-14-10-8-9-11-15(14)20-6/h8-11,16,18H,7,12-13H2,1-6H3. The first-order valence-corrected chi connectivity index (χ1v) is 7.46. The fourth-order valence-corrected chi connectivity index (χ4v) is 2.29. The zero-order chi connectivity index (χ0) is 15.2. The number of nitrogens with zero attached hydrogens (tertiary/aromatic N) is 1. The van der Waals surface area contributed by atoms with E-state index in [-0.39, 0.29) is 5.54 Å². The number of para-hydroxylation sites is 1. The summed E-state index contributed by atoms with van der Waals surface area (Å²) < 4.78 is 5.48. The van der Waals surface area contributed by atoms with Crippen LogP contribution in [0.5, 0.6) is 5.75 Å². The van der Waals surface area contributed by atoms with Crippen molar-refractivity contribution >= 4 is 0 Å². The second-order valence-corrected chi connectivity index (χ2v) is 6.07. The fourth-order valence-electron chi connectivity index (χ4n) is 2.29. The van der Waals surface area contributed by atoms with Gasteiger partial charge in [0.15, 0.2) is 0 Å². The first kappa shape index (κ1) is 17.0. The average Bonchev–Trinajstić information content (AvgIpc) is 2.43. The Morgan fingerprint density at radius 2 is 1.90 bits per heavy atom. The lowest BCUT2D eigenvalue weighted by atomic mass is 9.87. The SMILES string of the molecule is CCCNC(Cc1ccccc1OC)C(C)(C)N(C)C. The molecule has 0 radical (unpaired) electrons. The van der Waals surface area contributed by atoms with E-state index in [1.807, 2.05) is 12.1 Å². The minimum atomic E-state index is 0.0794. The first-order valence-electron chi connectivity index (χ1n) is 7.46. The summed E-state index contributed by atoms with van der Waals surface area (Å²) in [6.45, 7) is 7.82. The Kier molecular flexibility index (Phi) is 6.50. The molecule has 0 fully saturated rings. The number of hydrogen-bond acceptors (Lipinski definition) is 3. The van der Waals surface area contributed by atoms with Crippen LogP contribution in [0.1, 0.15) is 32.8 Å². The average molecular weight is 278 g/mol. The molecule has 3 heteroatoms. The predicted octanol–water partition coefficient (Wildman–Crippen LogP) is 2.95. The minimum absolute atomic E-state index is 0.0794. The van der Waals surface area contributed by atoms with Gasteiger partial charge in [0.2, 0.25) is 0 Å². The van der Waals surface area contributed by atoms with Crippen molar-refractivity contribution in [3.63, 3.8) is 0 Å². The molecule has 3 nitrogen and oxygen atoms in total. The number of likely N-dealkylation sites (N-methyl/N-ethyl adjacent to an activating group) is 1. The number of hydrogen-bond donors (Lipinski definition) is 1. The number of nitrogens with one attached hydrogen (secondary N) is 1. The van der Waals surface area contributed by atoms with Gasteiger partial charge in [-0.2, -0.15) is 0 Å². The van der Waals surface area contributed by atoms with Crippen LogP contribution in [-0.2, 0) is 6.42 Å². The lowest BCUT2D eigenvalue weighted by molar-refractivity contribution is 0.136. The summed E-state index contributed by atoms with van der Waals surface area (Å²) in [4.78, 5) is 2.29. The maximum atomic E-state index is 5.48. The van der Waals surface area contributed by atoms with Crippen molar-refractivity contribution in [1.82, 2.24) is 10.2 Å². The van der Waals surface area contributed by atoms with E-state index < -0.39 is 0 Å². The van der Waals surface area contributed by atoms with Gasteiger partial charge < -0.3 is 15.0 Å². The number of benzene rings is 1. The lowest BCUT2D eigenvalue weighted by Crippen LogP contribution is -2.56. The highest BCUT2D eigenvalue weighted by molar-refractivity contribution is 5.34. The van der Waals surface area contributed by atoms with Crippen molar-refractivity contribution < 1.29 is 4.74 Å². The summed E-state index contributed by atoms with van der Waals surface area (Å²) in [6, 6.07) is 8.68. The molecule has 1 aromatic carbocycles. The van der Waals surface area contributed by atoms with E-state index in [2.05, 4.69) is 57.2 Å². The highest BCUT2D eigenvalue weighted by atomic mass is 16.5. The van der Waals surface area contributed by atoms with Crippen molar-refractivity contribution in [2.24, 2.45) is 0 Å². The molecule has 0 aliphatic heterocycles. The molecule has 0 amide bonds. The molecule has 0 aliphatic rings. The van der Waals surface area contributed by atoms with Gasteiger partial charge in [0.05, 0.1) is 7.11 Å². The normalized spacial score (nSPS) is 13.6. The monoisotopic (exact) mass is 278 g/mol. The molecule has 1 rings (SSSR count). The third-order valence-corrected chi connectivity index (χ3v) is 4.26. The van der Waals surface area contributed by atoms with E-state index in [1.165, 1.54) is 5.56 Å². The summed E-state index contributed by atoms with van der Waals surface area (Å²) in [6.07, 6.45) is 2.11. The summed E-state index contributed by atoms with van der Waals surface area (Å²) in [5, 5.41) is 3.69. The second kappa shape index (κ2) is 7.65. The molecule has 0 saturated carbocycles. The third kappa shape index (κ3) is 4.22. The number of ether oxygens (including phenoxy) is 1. The highest BCUT2D eigenvalue weighted by Crippen LogP contribution is 2.24. The largest absolute Gasteiger partial charge is 0.496 e. The predicted molar refractivity (Wildman–Crippen MR) is 86.5 cm³/mol. The van der Waals surface area contributed by atoms with E-state index >= 15 is 0 Å². The van der Waals surface area contributed by atoms with E-state index in [4.69, 9.17) is 4.74 Å². The van der Waals surface area contributed by atoms with Crippen molar-refractivity contribution in [1.29, 1.82) is 0 Å². The molecule has 1 atom stereocenters. The maximum absolute atomic E-state index is 5.48. The molecule has 0 aliphatic carbocycles. The molecular formula is C17H30N2O. The smallest absolute Gasteiger partial charge is 0.122 e. The molecular weight excluding hydrogens is 248 g/mol. The number of methoxy groups -OCH3 is 1. The topological polar surface area (TPSA) is 24.5 Å². The van der Waals surface area contributed by atoms with E-state index in [0.717, 1.165) is 25.1 Å². The molecule has 114 valence electrons. The van der Waals surface area contributed by atoms with Crippen LogP contribution in [0.2, 0.25) is 0 Å². The Bertz CT molecular complexity index is 402. The van der Waals surface area contributed by atoms with Crippen LogP contribution in [0.25, 0.3) is 0 Å². The zero-order valence-corrected chi connectivity index (χ0v) is 13.9. The van der Waals surface area contributed by atoms with E-state index in [0.29, 0.717) is 6.04 Å². The Balaban J connectivity index is 2.94. The van der Waals surface area contributed by atoms with Crippen LogP contribution in [0.3, 0.4) is 0 Å². The molecule has 1 unspecified atom stereocenters. The van der Waals surface area contributed by atoms with Gasteiger partial charge >= 0.3 is 0 Å². The van der Waals surface area contributed by atoms with E-state index in [9.17, 15) is 0 Å². The summed E-state index contributed by atoms with van der Waals surface area (Å²) in [5.74, 6) is 0.977. The second-order valence-electron chi connectivity index (χ2n) is 6.07. The van der Waals surface area contributed by atoms with Crippen molar-refractivity contribution in [3.05, 3.63) is 29.8 Å². The van der Waals surface area contributed by atoms with Crippen LogP contribution in [0.15, 0.2) is 24.3 Å². The molecule has 0 saturated heterocycles. The van der Waals surface area contributed by atoms with Gasteiger partial charge in [0, 0.05) is 11.6 Å². The summed E-state index contributed by atoms with van der Waals surface area (Å²) in [5.41, 5.74) is 1.34. The zero-order valence-electron chi connectivity index (χ0n) is 13.9. The van der Waals surface area contributed by atoms with Gasteiger partial charge in [-0.15, -0.1) is 0 Å². The van der Waals surface area contributed by atoms with Crippen LogP contribution in [0.4, 0.5) is 0 Å². The van der Waals surface area contributed by atoms with Gasteiger partial charge in [-0.05, 0) is 59.0 Å². The van der Waals surface area contributed by atoms with Gasteiger partial charge in [0.25, 0.3) is 0 Å². The van der Waals surface area contributed by atoms with Gasteiger partial charge in [0.1, 0.15) is 5.75 Å². The Labute approximate surface area is 124 Å². The van der Waals surface area contributed by atoms with Crippen LogP contribution in [-0.4, -0.2) is 44.2 Å².